The molecule has 1 atom stereocenters. The summed E-state index contributed by atoms with van der Waals surface area (Å²) in [6.07, 6.45) is 3.19. The molecule has 1 N–H and O–H groups in total. The van der Waals surface area contributed by atoms with Crippen LogP contribution < -0.4 is 10.7 Å². The maximum Gasteiger partial charge on any atom is 0.257 e. The molecule has 2 aromatic rings. The van der Waals surface area contributed by atoms with Crippen LogP contribution in [0.25, 0.3) is 10.9 Å². The van der Waals surface area contributed by atoms with Crippen molar-refractivity contribution in [1.29, 1.82) is 0 Å². The minimum Gasteiger partial charge on any atom is -0.347 e. The number of amides is 1. The van der Waals surface area contributed by atoms with Crippen LogP contribution in [0.5, 0.6) is 0 Å². The van der Waals surface area contributed by atoms with E-state index in [1.54, 1.807) is 37.4 Å². The average Bonchev–Trinajstić information content (AvgIpc) is 2.47. The summed E-state index contributed by atoms with van der Waals surface area (Å²) in [5, 5.41) is 3.63. The summed E-state index contributed by atoms with van der Waals surface area (Å²) in [7, 11) is 0. The molecule has 0 saturated carbocycles. The van der Waals surface area contributed by atoms with E-state index in [-0.39, 0.29) is 17.0 Å². The third kappa shape index (κ3) is 3.00. The molecule has 0 fully saturated rings. The number of carbonyl (C=O) groups is 1. The number of hydrogen-bond acceptors (Lipinski definition) is 2. The zero-order chi connectivity index (χ0) is 15.6. The van der Waals surface area contributed by atoms with Crippen LogP contribution in [0.4, 0.5) is 0 Å². The normalized spacial score (nSPS) is 12.1. The molecular formula is C16H17ClN2O2. The Hall–Kier alpha value is -2.07. The molecule has 0 saturated heterocycles. The molecule has 0 aliphatic carbocycles. The number of halogens is 1. The lowest BCUT2D eigenvalue weighted by Crippen LogP contribution is -2.34. The smallest absolute Gasteiger partial charge is 0.257 e. The van der Waals surface area contributed by atoms with E-state index in [1.165, 1.54) is 0 Å². The molecule has 110 valence electrons. The van der Waals surface area contributed by atoms with Gasteiger partial charge >= 0.3 is 0 Å². The standard InChI is InChI=1S/C16H17ClN2O2/c1-4-10(3)18-16(21)13-9-19(5-2)14-7-6-11(17)8-12(14)15(13)20/h4,6-10H,1,5H2,2-3H3,(H,18,21)/t10-/m1/s1. The number of pyridine rings is 1. The Bertz CT molecular complexity index is 765. The fraction of sp³-hybridized carbons (Fsp3) is 0.250. The third-order valence-electron chi connectivity index (χ3n) is 3.34. The Kier molecular flexibility index (Phi) is 4.48. The first-order valence-corrected chi connectivity index (χ1v) is 7.11. The van der Waals surface area contributed by atoms with Gasteiger partial charge in [0.05, 0.1) is 5.52 Å². The number of fused-ring (bicyclic) bond motifs is 1. The zero-order valence-electron chi connectivity index (χ0n) is 12.0. The maximum absolute atomic E-state index is 12.5. The Balaban J connectivity index is 2.65. The molecule has 0 unspecified atom stereocenters. The highest BCUT2D eigenvalue weighted by atomic mass is 35.5. The first-order chi connectivity index (χ1) is 9.97. The van der Waals surface area contributed by atoms with Crippen LogP contribution in [-0.2, 0) is 6.54 Å². The number of rotatable bonds is 4. The van der Waals surface area contributed by atoms with Crippen LogP contribution in [0.3, 0.4) is 0 Å². The van der Waals surface area contributed by atoms with Crippen LogP contribution in [-0.4, -0.2) is 16.5 Å². The SMILES string of the molecule is C=C[C@@H](C)NC(=O)c1cn(CC)c2ccc(Cl)cc2c1=O. The van der Waals surface area contributed by atoms with E-state index in [0.29, 0.717) is 17.0 Å². The Morgan fingerprint density at radius 3 is 2.86 bits per heavy atom. The molecule has 0 spiro atoms. The molecule has 0 radical (unpaired) electrons. The molecule has 0 bridgehead atoms. The molecule has 1 aromatic carbocycles. The molecule has 5 heteroatoms. The van der Waals surface area contributed by atoms with Crippen molar-refractivity contribution < 1.29 is 4.79 Å². The lowest BCUT2D eigenvalue weighted by Gasteiger charge is -2.13. The second-order valence-electron chi connectivity index (χ2n) is 4.82. The van der Waals surface area contributed by atoms with E-state index < -0.39 is 5.91 Å². The average molecular weight is 305 g/mol. The van der Waals surface area contributed by atoms with Crippen LogP contribution in [0, 0.1) is 0 Å². The highest BCUT2D eigenvalue weighted by Gasteiger charge is 2.16. The minimum atomic E-state index is -0.406. The fourth-order valence-corrected chi connectivity index (χ4v) is 2.31. The molecule has 1 aromatic heterocycles. The number of nitrogens with one attached hydrogen (secondary N) is 1. The molecule has 1 amide bonds. The Labute approximate surface area is 128 Å². The highest BCUT2D eigenvalue weighted by molar-refractivity contribution is 6.31. The van der Waals surface area contributed by atoms with Gasteiger partial charge in [0.2, 0.25) is 5.43 Å². The molecule has 2 rings (SSSR count). The lowest BCUT2D eigenvalue weighted by atomic mass is 10.1. The largest absolute Gasteiger partial charge is 0.347 e. The summed E-state index contributed by atoms with van der Waals surface area (Å²) < 4.78 is 1.86. The quantitative estimate of drug-likeness (QED) is 0.883. The van der Waals surface area contributed by atoms with Crippen molar-refractivity contribution in [3.8, 4) is 0 Å². The molecule has 1 heterocycles. The minimum absolute atomic E-state index is 0.111. The van der Waals surface area contributed by atoms with Crippen LogP contribution in [0.1, 0.15) is 24.2 Å². The van der Waals surface area contributed by atoms with Gasteiger partial charge in [-0.1, -0.05) is 17.7 Å². The number of hydrogen-bond donors (Lipinski definition) is 1. The predicted molar refractivity (Wildman–Crippen MR) is 86.0 cm³/mol. The van der Waals surface area contributed by atoms with Gasteiger partial charge in [-0.2, -0.15) is 0 Å². The summed E-state index contributed by atoms with van der Waals surface area (Å²) in [4.78, 5) is 24.7. The van der Waals surface area contributed by atoms with Gasteiger partial charge in [-0.3, -0.25) is 9.59 Å². The van der Waals surface area contributed by atoms with E-state index in [9.17, 15) is 9.59 Å². The number of carbonyl (C=O) groups excluding carboxylic acids is 1. The highest BCUT2D eigenvalue weighted by Crippen LogP contribution is 2.17. The van der Waals surface area contributed by atoms with E-state index >= 15 is 0 Å². The van der Waals surface area contributed by atoms with Gasteiger partial charge in [-0.25, -0.2) is 0 Å². The number of benzene rings is 1. The second-order valence-corrected chi connectivity index (χ2v) is 5.25. The summed E-state index contributed by atoms with van der Waals surface area (Å²) in [6, 6.07) is 4.91. The molecular weight excluding hydrogens is 288 g/mol. The van der Waals surface area contributed by atoms with Gasteiger partial charge in [0, 0.05) is 29.2 Å². The summed E-state index contributed by atoms with van der Waals surface area (Å²) in [5.74, 6) is -0.406. The van der Waals surface area contributed by atoms with Crippen LogP contribution in [0.2, 0.25) is 5.02 Å². The first-order valence-electron chi connectivity index (χ1n) is 6.74. The zero-order valence-corrected chi connectivity index (χ0v) is 12.8. The summed E-state index contributed by atoms with van der Waals surface area (Å²) >= 11 is 5.96. The third-order valence-corrected chi connectivity index (χ3v) is 3.57. The van der Waals surface area contributed by atoms with Gasteiger partial charge in [0.1, 0.15) is 5.56 Å². The monoisotopic (exact) mass is 304 g/mol. The van der Waals surface area contributed by atoms with E-state index in [4.69, 9.17) is 11.6 Å². The van der Waals surface area contributed by atoms with Gasteiger partial charge in [-0.15, -0.1) is 6.58 Å². The van der Waals surface area contributed by atoms with Gasteiger partial charge in [0.25, 0.3) is 5.91 Å². The molecule has 0 aliphatic heterocycles. The number of aromatic nitrogens is 1. The first kappa shape index (κ1) is 15.3. The maximum atomic E-state index is 12.5. The van der Waals surface area contributed by atoms with Crippen molar-refractivity contribution in [3.63, 3.8) is 0 Å². The predicted octanol–water partition coefficient (Wildman–Crippen LogP) is 2.98. The lowest BCUT2D eigenvalue weighted by molar-refractivity contribution is 0.0945. The van der Waals surface area contributed by atoms with Crippen LogP contribution in [0.15, 0.2) is 41.8 Å². The van der Waals surface area contributed by atoms with Crippen molar-refractivity contribution in [2.24, 2.45) is 0 Å². The fourth-order valence-electron chi connectivity index (χ4n) is 2.14. The van der Waals surface area contributed by atoms with Crippen LogP contribution >= 0.6 is 11.6 Å². The van der Waals surface area contributed by atoms with Crippen molar-refractivity contribution in [3.05, 3.63) is 57.9 Å². The summed E-state index contributed by atoms with van der Waals surface area (Å²) in [5.41, 5.74) is 0.562. The Morgan fingerprint density at radius 2 is 2.24 bits per heavy atom. The topological polar surface area (TPSA) is 51.1 Å². The van der Waals surface area contributed by atoms with E-state index in [2.05, 4.69) is 11.9 Å². The van der Waals surface area contributed by atoms with Crippen molar-refractivity contribution >= 4 is 28.4 Å². The van der Waals surface area contributed by atoms with Crippen molar-refractivity contribution in [2.45, 2.75) is 26.4 Å². The second kappa shape index (κ2) is 6.14. The molecule has 4 nitrogen and oxygen atoms in total. The van der Waals surface area contributed by atoms with Gasteiger partial charge in [0.15, 0.2) is 0 Å². The number of aryl methyl sites for hydroxylation is 1. The number of nitrogens with zero attached hydrogens (tertiary/aromatic N) is 1. The molecule has 0 aliphatic rings. The van der Waals surface area contributed by atoms with E-state index in [1.807, 2.05) is 11.5 Å². The Morgan fingerprint density at radius 1 is 1.52 bits per heavy atom. The van der Waals surface area contributed by atoms with Gasteiger partial charge < -0.3 is 9.88 Å². The molecule has 21 heavy (non-hydrogen) atoms. The van der Waals surface area contributed by atoms with Crippen molar-refractivity contribution in [2.75, 3.05) is 0 Å². The van der Waals surface area contributed by atoms with Crippen molar-refractivity contribution in [1.82, 2.24) is 9.88 Å². The van der Waals surface area contributed by atoms with Gasteiger partial charge in [-0.05, 0) is 32.0 Å². The summed E-state index contributed by atoms with van der Waals surface area (Å²) in [6.45, 7) is 8.00. The van der Waals surface area contributed by atoms with E-state index in [0.717, 1.165) is 5.52 Å².